The zero-order chi connectivity index (χ0) is 19.2. The highest BCUT2D eigenvalue weighted by Crippen LogP contribution is 2.26. The van der Waals surface area contributed by atoms with Gasteiger partial charge >= 0.3 is 0 Å². The van der Waals surface area contributed by atoms with Gasteiger partial charge in [-0.05, 0) is 42.7 Å². The molecule has 0 aliphatic carbocycles. The highest BCUT2D eigenvalue weighted by Gasteiger charge is 2.19. The Labute approximate surface area is 164 Å². The summed E-state index contributed by atoms with van der Waals surface area (Å²) >= 11 is 6.19. The molecule has 5 nitrogen and oxygen atoms in total. The maximum Gasteiger partial charge on any atom is 0.254 e. The van der Waals surface area contributed by atoms with E-state index in [0.717, 1.165) is 12.8 Å². The van der Waals surface area contributed by atoms with Gasteiger partial charge in [0.05, 0.1) is 17.1 Å². The molecule has 0 saturated heterocycles. The van der Waals surface area contributed by atoms with Crippen LogP contribution < -0.4 is 0 Å². The fraction of sp³-hybridized carbons (Fsp3) is 0.286. The Bertz CT molecular complexity index is 906. The molecule has 1 amide bonds. The highest BCUT2D eigenvalue weighted by atomic mass is 35.5. The smallest absolute Gasteiger partial charge is 0.254 e. The number of benzene rings is 2. The van der Waals surface area contributed by atoms with E-state index >= 15 is 0 Å². The van der Waals surface area contributed by atoms with Crippen molar-refractivity contribution in [3.8, 4) is 11.5 Å². The van der Waals surface area contributed by atoms with Crippen LogP contribution in [0.15, 0.2) is 52.9 Å². The second-order valence-corrected chi connectivity index (χ2v) is 6.67. The molecular weight excluding hydrogens is 362 g/mol. The minimum absolute atomic E-state index is 0.0444. The van der Waals surface area contributed by atoms with Gasteiger partial charge in [-0.2, -0.15) is 0 Å². The van der Waals surface area contributed by atoms with Gasteiger partial charge in [-0.15, -0.1) is 10.2 Å². The number of carbonyl (C=O) groups is 1. The number of amides is 1. The third-order valence-corrected chi connectivity index (χ3v) is 4.62. The summed E-state index contributed by atoms with van der Waals surface area (Å²) in [5.74, 6) is 0.695. The molecule has 0 unspecified atom stereocenters. The lowest BCUT2D eigenvalue weighted by Gasteiger charge is -2.20. The Balaban J connectivity index is 1.78. The molecule has 6 heteroatoms. The summed E-state index contributed by atoms with van der Waals surface area (Å²) in [6.07, 6.45) is 1.78. The first-order chi connectivity index (χ1) is 13.1. The Hall–Kier alpha value is -2.66. The molecule has 3 rings (SSSR count). The van der Waals surface area contributed by atoms with Gasteiger partial charge in [-0.25, -0.2) is 0 Å². The maximum atomic E-state index is 12.9. The average molecular weight is 384 g/mol. The van der Waals surface area contributed by atoms with Crippen molar-refractivity contribution in [3.63, 3.8) is 0 Å². The molecule has 0 bridgehead atoms. The predicted molar refractivity (Wildman–Crippen MR) is 106 cm³/mol. The lowest BCUT2D eigenvalue weighted by atomic mass is 10.1. The van der Waals surface area contributed by atoms with Gasteiger partial charge in [0.15, 0.2) is 0 Å². The monoisotopic (exact) mass is 383 g/mol. The Morgan fingerprint density at radius 3 is 2.48 bits per heavy atom. The maximum absolute atomic E-state index is 12.9. The number of aryl methyl sites for hydroxylation is 1. The number of hydrogen-bond acceptors (Lipinski definition) is 4. The van der Waals surface area contributed by atoms with E-state index in [1.54, 1.807) is 11.0 Å². The SMILES string of the molecule is CCCN(Cc1nnc(-c2ccccc2Cl)o1)C(=O)c1ccc(CC)cc1. The molecule has 27 heavy (non-hydrogen) atoms. The van der Waals surface area contributed by atoms with Gasteiger partial charge < -0.3 is 9.32 Å². The molecule has 2 aromatic carbocycles. The summed E-state index contributed by atoms with van der Waals surface area (Å²) in [7, 11) is 0. The second-order valence-electron chi connectivity index (χ2n) is 6.26. The van der Waals surface area contributed by atoms with E-state index in [1.807, 2.05) is 49.4 Å². The van der Waals surface area contributed by atoms with Crippen molar-refractivity contribution >= 4 is 17.5 Å². The molecule has 0 atom stereocenters. The quantitative estimate of drug-likeness (QED) is 0.575. The lowest BCUT2D eigenvalue weighted by Crippen LogP contribution is -2.31. The van der Waals surface area contributed by atoms with Crippen molar-refractivity contribution < 1.29 is 9.21 Å². The third kappa shape index (κ3) is 4.55. The fourth-order valence-corrected chi connectivity index (χ4v) is 3.03. The van der Waals surface area contributed by atoms with Crippen LogP contribution in [-0.4, -0.2) is 27.5 Å². The van der Waals surface area contributed by atoms with Gasteiger partial charge in [0, 0.05) is 12.1 Å². The van der Waals surface area contributed by atoms with Crippen LogP contribution in [0, 0.1) is 0 Å². The van der Waals surface area contributed by atoms with Crippen LogP contribution >= 0.6 is 11.6 Å². The van der Waals surface area contributed by atoms with Crippen molar-refractivity contribution in [1.82, 2.24) is 15.1 Å². The van der Waals surface area contributed by atoms with E-state index < -0.39 is 0 Å². The summed E-state index contributed by atoms with van der Waals surface area (Å²) in [5.41, 5.74) is 2.54. The van der Waals surface area contributed by atoms with E-state index in [-0.39, 0.29) is 12.5 Å². The van der Waals surface area contributed by atoms with Crippen LogP contribution in [-0.2, 0) is 13.0 Å². The first-order valence-electron chi connectivity index (χ1n) is 9.07. The predicted octanol–water partition coefficient (Wildman–Crippen LogP) is 5.00. The van der Waals surface area contributed by atoms with Crippen molar-refractivity contribution in [2.45, 2.75) is 33.2 Å². The van der Waals surface area contributed by atoms with Crippen LogP contribution in [0.1, 0.15) is 42.1 Å². The first-order valence-corrected chi connectivity index (χ1v) is 9.45. The topological polar surface area (TPSA) is 59.2 Å². The number of halogens is 1. The molecule has 0 fully saturated rings. The molecule has 0 N–H and O–H groups in total. The summed E-state index contributed by atoms with van der Waals surface area (Å²) in [6, 6.07) is 15.0. The van der Waals surface area contributed by atoms with E-state index in [4.69, 9.17) is 16.0 Å². The standard InChI is InChI=1S/C21H22ClN3O2/c1-3-13-25(21(26)16-11-9-15(4-2)10-12-16)14-19-23-24-20(27-19)17-7-5-6-8-18(17)22/h5-12H,3-4,13-14H2,1-2H3. The van der Waals surface area contributed by atoms with Gasteiger partial charge in [0.1, 0.15) is 0 Å². The number of rotatable bonds is 7. The minimum atomic E-state index is -0.0444. The van der Waals surface area contributed by atoms with Crippen LogP contribution in [0.3, 0.4) is 0 Å². The number of hydrogen-bond donors (Lipinski definition) is 0. The van der Waals surface area contributed by atoms with Crippen LogP contribution in [0.4, 0.5) is 0 Å². The summed E-state index contributed by atoms with van der Waals surface area (Å²) in [6.45, 7) is 4.99. The number of nitrogens with zero attached hydrogens (tertiary/aromatic N) is 3. The van der Waals surface area contributed by atoms with Gasteiger partial charge in [0.25, 0.3) is 5.91 Å². The molecule has 0 aliphatic heterocycles. The van der Waals surface area contributed by atoms with Crippen LogP contribution in [0.2, 0.25) is 5.02 Å². The molecule has 1 aromatic heterocycles. The highest BCUT2D eigenvalue weighted by molar-refractivity contribution is 6.33. The van der Waals surface area contributed by atoms with E-state index in [9.17, 15) is 4.79 Å². The molecule has 0 aliphatic rings. The van der Waals surface area contributed by atoms with E-state index in [2.05, 4.69) is 17.1 Å². The lowest BCUT2D eigenvalue weighted by molar-refractivity contribution is 0.0728. The van der Waals surface area contributed by atoms with Crippen molar-refractivity contribution in [2.75, 3.05) is 6.54 Å². The summed E-state index contributed by atoms with van der Waals surface area (Å²) < 4.78 is 5.75. The summed E-state index contributed by atoms with van der Waals surface area (Å²) in [4.78, 5) is 14.6. The normalized spacial score (nSPS) is 10.8. The van der Waals surface area contributed by atoms with Crippen molar-refractivity contribution in [2.24, 2.45) is 0 Å². The minimum Gasteiger partial charge on any atom is -0.419 e. The number of aromatic nitrogens is 2. The molecule has 1 heterocycles. The Morgan fingerprint density at radius 1 is 1.07 bits per heavy atom. The van der Waals surface area contributed by atoms with Gasteiger partial charge in [0.2, 0.25) is 11.8 Å². The molecule has 0 radical (unpaired) electrons. The third-order valence-electron chi connectivity index (χ3n) is 4.29. The fourth-order valence-electron chi connectivity index (χ4n) is 2.81. The molecule has 0 saturated carbocycles. The number of carbonyl (C=O) groups excluding carboxylic acids is 1. The Morgan fingerprint density at radius 2 is 1.81 bits per heavy atom. The largest absolute Gasteiger partial charge is 0.419 e. The van der Waals surface area contributed by atoms with E-state index in [0.29, 0.717) is 34.5 Å². The van der Waals surface area contributed by atoms with Crippen LogP contribution in [0.5, 0.6) is 0 Å². The van der Waals surface area contributed by atoms with Crippen molar-refractivity contribution in [1.29, 1.82) is 0 Å². The molecule has 3 aromatic rings. The second kappa shape index (κ2) is 8.82. The van der Waals surface area contributed by atoms with Gasteiger partial charge in [-0.3, -0.25) is 4.79 Å². The average Bonchev–Trinajstić information content (AvgIpc) is 3.16. The Kier molecular flexibility index (Phi) is 6.24. The van der Waals surface area contributed by atoms with Gasteiger partial charge in [-0.1, -0.05) is 49.7 Å². The first kappa shape index (κ1) is 19.1. The van der Waals surface area contributed by atoms with Crippen LogP contribution in [0.25, 0.3) is 11.5 Å². The molecule has 140 valence electrons. The zero-order valence-electron chi connectivity index (χ0n) is 15.5. The zero-order valence-corrected chi connectivity index (χ0v) is 16.2. The molecular formula is C21H22ClN3O2. The van der Waals surface area contributed by atoms with E-state index in [1.165, 1.54) is 5.56 Å². The molecule has 0 spiro atoms. The summed E-state index contributed by atoms with van der Waals surface area (Å²) in [5, 5.41) is 8.71. The van der Waals surface area contributed by atoms with Crippen molar-refractivity contribution in [3.05, 3.63) is 70.6 Å².